The van der Waals surface area contributed by atoms with Crippen LogP contribution < -0.4 is 10.6 Å². The smallest absolute Gasteiger partial charge is 0.407 e. The average Bonchev–Trinajstić information content (AvgIpc) is 3.07. The van der Waals surface area contributed by atoms with Gasteiger partial charge in [-0.25, -0.2) is 4.79 Å². The molecule has 2 N–H and O–H groups in total. The summed E-state index contributed by atoms with van der Waals surface area (Å²) >= 11 is 0. The summed E-state index contributed by atoms with van der Waals surface area (Å²) in [6.45, 7) is 1.96. The van der Waals surface area contributed by atoms with E-state index in [-0.39, 0.29) is 29.5 Å². The Morgan fingerprint density at radius 2 is 1.53 bits per heavy atom. The summed E-state index contributed by atoms with van der Waals surface area (Å²) in [6, 6.07) is 17.0. The Hall–Kier alpha value is -2.82. The zero-order chi connectivity index (χ0) is 21.9. The number of carbonyl (C=O) groups excluding carboxylic acids is 2. The minimum Gasteiger partial charge on any atom is -0.449 e. The van der Waals surface area contributed by atoms with Crippen molar-refractivity contribution in [3.8, 4) is 11.1 Å². The van der Waals surface area contributed by atoms with Crippen LogP contribution in [-0.4, -0.2) is 30.2 Å². The van der Waals surface area contributed by atoms with Crippen molar-refractivity contribution in [3.63, 3.8) is 0 Å². The molecule has 2 aromatic carbocycles. The molecule has 0 radical (unpaired) electrons. The van der Waals surface area contributed by atoms with Crippen molar-refractivity contribution in [3.05, 3.63) is 59.7 Å². The number of nitrogens with one attached hydrogen (secondary N) is 2. The van der Waals surface area contributed by atoms with Crippen molar-refractivity contribution in [1.82, 2.24) is 10.6 Å². The minimum atomic E-state index is -0.307. The van der Waals surface area contributed by atoms with E-state index in [0.29, 0.717) is 24.4 Å². The summed E-state index contributed by atoms with van der Waals surface area (Å²) in [4.78, 5) is 24.6. The van der Waals surface area contributed by atoms with Crippen LogP contribution in [0, 0.1) is 17.8 Å². The Bertz CT molecular complexity index is 1020. The lowest BCUT2D eigenvalue weighted by atomic mass is 9.51. The zero-order valence-electron chi connectivity index (χ0n) is 18.5. The largest absolute Gasteiger partial charge is 0.449 e. The van der Waals surface area contributed by atoms with E-state index in [1.165, 1.54) is 22.3 Å². The number of carbonyl (C=O) groups is 2. The topological polar surface area (TPSA) is 67.4 Å². The maximum atomic E-state index is 12.9. The SMILES string of the molecule is CC(=O)NC12CC3CC(C1)C(NC(=O)OCC1c4ccccc4-c4ccccc41)C(C3)C2. The Labute approximate surface area is 188 Å². The van der Waals surface area contributed by atoms with Gasteiger partial charge in [0.25, 0.3) is 0 Å². The van der Waals surface area contributed by atoms with Gasteiger partial charge in [0.15, 0.2) is 0 Å². The molecular formula is C27H30N2O3. The number of alkyl carbamates (subject to hydrolysis) is 1. The molecule has 2 amide bonds. The highest BCUT2D eigenvalue weighted by Gasteiger charge is 2.56. The molecule has 0 heterocycles. The Morgan fingerprint density at radius 3 is 2.12 bits per heavy atom. The van der Waals surface area contributed by atoms with E-state index in [0.717, 1.165) is 32.1 Å². The number of benzene rings is 2. The lowest BCUT2D eigenvalue weighted by Crippen LogP contribution is -2.66. The molecule has 5 aliphatic rings. The molecule has 32 heavy (non-hydrogen) atoms. The van der Waals surface area contributed by atoms with Crippen molar-refractivity contribution in [2.24, 2.45) is 17.8 Å². The average molecular weight is 431 g/mol. The van der Waals surface area contributed by atoms with Crippen LogP contribution in [0.25, 0.3) is 11.1 Å². The van der Waals surface area contributed by atoms with Crippen LogP contribution in [0.3, 0.4) is 0 Å². The highest BCUT2D eigenvalue weighted by atomic mass is 16.5. The van der Waals surface area contributed by atoms with Gasteiger partial charge in [-0.2, -0.15) is 0 Å². The van der Waals surface area contributed by atoms with E-state index in [9.17, 15) is 9.59 Å². The lowest BCUT2D eigenvalue weighted by Gasteiger charge is -2.60. The molecule has 5 nitrogen and oxygen atoms in total. The maximum absolute atomic E-state index is 12.9. The van der Waals surface area contributed by atoms with Gasteiger partial charge in [0.05, 0.1) is 0 Å². The Balaban J connectivity index is 1.13. The first-order valence-electron chi connectivity index (χ1n) is 11.9. The van der Waals surface area contributed by atoms with E-state index >= 15 is 0 Å². The predicted octanol–water partition coefficient (Wildman–Crippen LogP) is 4.61. The van der Waals surface area contributed by atoms with E-state index in [1.54, 1.807) is 6.92 Å². The third-order valence-electron chi connectivity index (χ3n) is 8.34. The molecule has 5 aliphatic carbocycles. The zero-order valence-corrected chi connectivity index (χ0v) is 18.5. The number of amides is 2. The van der Waals surface area contributed by atoms with Gasteiger partial charge in [0.2, 0.25) is 5.91 Å². The second-order valence-electron chi connectivity index (χ2n) is 10.4. The molecule has 2 atom stereocenters. The number of fused-ring (bicyclic) bond motifs is 3. The monoisotopic (exact) mass is 430 g/mol. The Morgan fingerprint density at radius 1 is 0.938 bits per heavy atom. The van der Waals surface area contributed by atoms with Gasteiger partial charge in [-0.15, -0.1) is 0 Å². The summed E-state index contributed by atoms with van der Waals surface area (Å²) in [7, 11) is 0. The highest BCUT2D eigenvalue weighted by molar-refractivity contribution is 5.79. The molecule has 4 saturated carbocycles. The molecule has 4 bridgehead atoms. The van der Waals surface area contributed by atoms with Gasteiger partial charge in [0.1, 0.15) is 6.61 Å². The molecule has 7 rings (SSSR count). The number of ether oxygens (including phenoxy) is 1. The maximum Gasteiger partial charge on any atom is 0.407 e. The van der Waals surface area contributed by atoms with E-state index in [2.05, 4.69) is 59.2 Å². The van der Waals surface area contributed by atoms with Gasteiger partial charge in [-0.1, -0.05) is 48.5 Å². The molecule has 166 valence electrons. The fourth-order valence-electron chi connectivity index (χ4n) is 7.56. The first kappa shape index (κ1) is 19.8. The van der Waals surface area contributed by atoms with E-state index < -0.39 is 0 Å². The summed E-state index contributed by atoms with van der Waals surface area (Å²) in [6.07, 6.45) is 5.01. The first-order chi connectivity index (χ1) is 15.5. The first-order valence-corrected chi connectivity index (χ1v) is 11.9. The fourth-order valence-corrected chi connectivity index (χ4v) is 7.56. The van der Waals surface area contributed by atoms with Crippen molar-refractivity contribution < 1.29 is 14.3 Å². The second-order valence-corrected chi connectivity index (χ2v) is 10.4. The molecule has 0 aliphatic heterocycles. The number of rotatable bonds is 4. The molecular weight excluding hydrogens is 400 g/mol. The quantitative estimate of drug-likeness (QED) is 0.744. The van der Waals surface area contributed by atoms with Crippen LogP contribution in [0.4, 0.5) is 4.79 Å². The fraction of sp³-hybridized carbons (Fsp3) is 0.481. The summed E-state index contributed by atoms with van der Waals surface area (Å²) < 4.78 is 5.82. The molecule has 0 spiro atoms. The molecule has 4 fully saturated rings. The van der Waals surface area contributed by atoms with Crippen molar-refractivity contribution in [2.45, 2.75) is 56.5 Å². The van der Waals surface area contributed by atoms with Gasteiger partial charge in [0, 0.05) is 24.4 Å². The van der Waals surface area contributed by atoms with E-state index in [1.807, 2.05) is 0 Å². The van der Waals surface area contributed by atoms with Crippen LogP contribution in [0.1, 0.15) is 56.1 Å². The second kappa shape index (κ2) is 7.36. The van der Waals surface area contributed by atoms with Gasteiger partial charge in [-0.3, -0.25) is 4.79 Å². The van der Waals surface area contributed by atoms with Crippen LogP contribution in [0.15, 0.2) is 48.5 Å². The van der Waals surface area contributed by atoms with Crippen LogP contribution in [0.2, 0.25) is 0 Å². The molecule has 5 heteroatoms. The molecule has 0 aromatic heterocycles. The normalized spacial score (nSPS) is 31.7. The number of hydrogen-bond acceptors (Lipinski definition) is 3. The van der Waals surface area contributed by atoms with E-state index in [4.69, 9.17) is 4.74 Å². The standard InChI is InChI=1S/C27H30N2O3/c1-16(30)29-27-12-17-10-18(13-27)25(19(11-17)14-27)28-26(31)32-15-24-22-8-4-2-6-20(22)21-7-3-5-9-23(21)24/h2-9,17-19,24-25H,10-15H2,1H3,(H,28,31)(H,29,30). The van der Waals surface area contributed by atoms with Crippen LogP contribution in [0.5, 0.6) is 0 Å². The molecule has 2 aromatic rings. The summed E-state index contributed by atoms with van der Waals surface area (Å²) in [5.74, 6) is 1.66. The van der Waals surface area contributed by atoms with Gasteiger partial charge < -0.3 is 15.4 Å². The third-order valence-corrected chi connectivity index (χ3v) is 8.34. The van der Waals surface area contributed by atoms with Gasteiger partial charge >= 0.3 is 6.09 Å². The van der Waals surface area contributed by atoms with Gasteiger partial charge in [-0.05, 0) is 72.1 Å². The third kappa shape index (κ3) is 3.21. The van der Waals surface area contributed by atoms with Crippen LogP contribution in [-0.2, 0) is 9.53 Å². The Kier molecular flexibility index (Phi) is 4.56. The van der Waals surface area contributed by atoms with Crippen molar-refractivity contribution in [2.75, 3.05) is 6.61 Å². The minimum absolute atomic E-state index is 0.0539. The van der Waals surface area contributed by atoms with Crippen molar-refractivity contribution >= 4 is 12.0 Å². The predicted molar refractivity (Wildman–Crippen MR) is 122 cm³/mol. The molecule has 2 unspecified atom stereocenters. The lowest BCUT2D eigenvalue weighted by molar-refractivity contribution is -0.125. The molecule has 0 saturated heterocycles. The summed E-state index contributed by atoms with van der Waals surface area (Å²) in [5, 5.41) is 6.49. The van der Waals surface area contributed by atoms with Crippen LogP contribution >= 0.6 is 0 Å². The number of hydrogen-bond donors (Lipinski definition) is 2. The summed E-state index contributed by atoms with van der Waals surface area (Å²) in [5.41, 5.74) is 4.88. The van der Waals surface area contributed by atoms with Crippen molar-refractivity contribution in [1.29, 1.82) is 0 Å². The highest BCUT2D eigenvalue weighted by Crippen LogP contribution is 2.55.